The van der Waals surface area contributed by atoms with Crippen LogP contribution in [0.1, 0.15) is 54.4 Å². The first kappa shape index (κ1) is 14.6. The van der Waals surface area contributed by atoms with Gasteiger partial charge >= 0.3 is 5.97 Å². The van der Waals surface area contributed by atoms with Gasteiger partial charge in [-0.1, -0.05) is 37.8 Å². The summed E-state index contributed by atoms with van der Waals surface area (Å²) in [5, 5.41) is 11.9. The Hall–Kier alpha value is -1.84. The zero-order chi connectivity index (χ0) is 14.4. The first-order valence-corrected chi connectivity index (χ1v) is 7.27. The Morgan fingerprint density at radius 3 is 2.20 bits per heavy atom. The molecule has 2 rings (SSSR count). The molecule has 0 spiro atoms. The summed E-state index contributed by atoms with van der Waals surface area (Å²) < 4.78 is 0. The molecule has 1 aliphatic rings. The third-order valence-corrected chi connectivity index (χ3v) is 3.79. The summed E-state index contributed by atoms with van der Waals surface area (Å²) in [7, 11) is 0. The monoisotopic (exact) mass is 275 g/mol. The molecule has 20 heavy (non-hydrogen) atoms. The maximum absolute atomic E-state index is 12.0. The summed E-state index contributed by atoms with van der Waals surface area (Å²) in [6, 6.07) is 6.79. The highest BCUT2D eigenvalue weighted by Crippen LogP contribution is 2.17. The summed E-state index contributed by atoms with van der Waals surface area (Å²) in [5.74, 6) is -0.917. The van der Waals surface area contributed by atoms with Crippen molar-refractivity contribution in [1.29, 1.82) is 0 Å². The number of rotatable bonds is 4. The predicted octanol–water partition coefficient (Wildman–Crippen LogP) is 2.77. The summed E-state index contributed by atoms with van der Waals surface area (Å²) >= 11 is 0. The molecule has 1 aromatic carbocycles. The number of nitrogens with one attached hydrogen (secondary N) is 1. The molecule has 1 aromatic rings. The van der Waals surface area contributed by atoms with Crippen molar-refractivity contribution in [3.05, 3.63) is 35.4 Å². The van der Waals surface area contributed by atoms with Gasteiger partial charge in [0, 0.05) is 6.04 Å². The van der Waals surface area contributed by atoms with Gasteiger partial charge in [0.25, 0.3) is 0 Å². The van der Waals surface area contributed by atoms with Crippen LogP contribution in [0.15, 0.2) is 24.3 Å². The lowest BCUT2D eigenvalue weighted by atomic mass is 10.1. The molecule has 1 amide bonds. The molecule has 4 heteroatoms. The summed E-state index contributed by atoms with van der Waals surface area (Å²) in [6.07, 6.45) is 7.38. The van der Waals surface area contributed by atoms with E-state index in [1.165, 1.54) is 37.8 Å². The second-order valence-electron chi connectivity index (χ2n) is 5.43. The van der Waals surface area contributed by atoms with E-state index >= 15 is 0 Å². The molecule has 0 aromatic heterocycles. The molecular weight excluding hydrogens is 254 g/mol. The highest BCUT2D eigenvalue weighted by Gasteiger charge is 2.14. The highest BCUT2D eigenvalue weighted by molar-refractivity contribution is 5.87. The van der Waals surface area contributed by atoms with Crippen LogP contribution in [0.4, 0.5) is 0 Å². The van der Waals surface area contributed by atoms with Gasteiger partial charge in [0.15, 0.2) is 0 Å². The lowest BCUT2D eigenvalue weighted by Gasteiger charge is -2.16. The minimum Gasteiger partial charge on any atom is -0.478 e. The van der Waals surface area contributed by atoms with Crippen molar-refractivity contribution in [1.82, 2.24) is 5.32 Å². The third kappa shape index (κ3) is 4.37. The largest absolute Gasteiger partial charge is 0.478 e. The van der Waals surface area contributed by atoms with Crippen LogP contribution in [0.3, 0.4) is 0 Å². The third-order valence-electron chi connectivity index (χ3n) is 3.79. The Kier molecular flexibility index (Phi) is 5.16. The molecule has 0 unspecified atom stereocenters. The van der Waals surface area contributed by atoms with E-state index in [-0.39, 0.29) is 11.5 Å². The Bertz CT molecular complexity index is 459. The van der Waals surface area contributed by atoms with Gasteiger partial charge in [-0.05, 0) is 30.5 Å². The molecular formula is C16H21NO3. The number of carbonyl (C=O) groups is 2. The summed E-state index contributed by atoms with van der Waals surface area (Å²) in [6.45, 7) is 0. The van der Waals surface area contributed by atoms with Gasteiger partial charge in [0.2, 0.25) is 5.91 Å². The van der Waals surface area contributed by atoms with Crippen molar-refractivity contribution >= 4 is 11.9 Å². The average molecular weight is 275 g/mol. The molecule has 1 fully saturated rings. The van der Waals surface area contributed by atoms with Crippen LogP contribution < -0.4 is 5.32 Å². The van der Waals surface area contributed by atoms with Crippen LogP contribution in [0.25, 0.3) is 0 Å². The molecule has 108 valence electrons. The van der Waals surface area contributed by atoms with Crippen LogP contribution in [-0.4, -0.2) is 23.0 Å². The van der Waals surface area contributed by atoms with Crippen LogP contribution in [0.2, 0.25) is 0 Å². The predicted molar refractivity (Wildman–Crippen MR) is 76.7 cm³/mol. The fraction of sp³-hybridized carbons (Fsp3) is 0.500. The number of hydrogen-bond acceptors (Lipinski definition) is 2. The zero-order valence-electron chi connectivity index (χ0n) is 11.6. The Balaban J connectivity index is 1.85. The molecule has 2 N–H and O–H groups in total. The van der Waals surface area contributed by atoms with Gasteiger partial charge in [0.05, 0.1) is 12.0 Å². The average Bonchev–Trinajstić information content (AvgIpc) is 2.68. The number of carboxylic acids is 1. The normalized spacial score (nSPS) is 16.4. The molecule has 0 heterocycles. The van der Waals surface area contributed by atoms with E-state index in [1.54, 1.807) is 12.1 Å². The standard InChI is InChI=1S/C16H21NO3/c18-15(17-14-5-3-1-2-4-6-14)11-12-7-9-13(10-8-12)16(19)20/h7-10,14H,1-6,11H2,(H,17,18)(H,19,20). The van der Waals surface area contributed by atoms with Gasteiger partial charge in [-0.25, -0.2) is 4.79 Å². The number of benzene rings is 1. The minimum atomic E-state index is -0.945. The van der Waals surface area contributed by atoms with Crippen molar-refractivity contribution in [2.45, 2.75) is 51.0 Å². The van der Waals surface area contributed by atoms with Crippen molar-refractivity contribution < 1.29 is 14.7 Å². The van der Waals surface area contributed by atoms with E-state index in [9.17, 15) is 9.59 Å². The number of amides is 1. The Morgan fingerprint density at radius 2 is 1.65 bits per heavy atom. The molecule has 0 atom stereocenters. The van der Waals surface area contributed by atoms with E-state index in [2.05, 4.69) is 5.32 Å². The SMILES string of the molecule is O=C(Cc1ccc(C(=O)O)cc1)NC1CCCCCC1. The second kappa shape index (κ2) is 7.08. The molecule has 1 aliphatic carbocycles. The van der Waals surface area contributed by atoms with E-state index < -0.39 is 5.97 Å². The molecule has 4 nitrogen and oxygen atoms in total. The maximum atomic E-state index is 12.0. The summed E-state index contributed by atoms with van der Waals surface area (Å²) in [5.41, 5.74) is 1.10. The fourth-order valence-electron chi connectivity index (χ4n) is 2.65. The first-order chi connectivity index (χ1) is 9.65. The molecule has 0 radical (unpaired) electrons. The maximum Gasteiger partial charge on any atom is 0.335 e. The van der Waals surface area contributed by atoms with Gasteiger partial charge < -0.3 is 10.4 Å². The van der Waals surface area contributed by atoms with E-state index in [0.29, 0.717) is 12.5 Å². The second-order valence-corrected chi connectivity index (χ2v) is 5.43. The zero-order valence-corrected chi connectivity index (χ0v) is 11.6. The van der Waals surface area contributed by atoms with Crippen molar-refractivity contribution in [2.24, 2.45) is 0 Å². The van der Waals surface area contributed by atoms with Gasteiger partial charge in [-0.3, -0.25) is 4.79 Å². The van der Waals surface area contributed by atoms with Crippen LogP contribution in [-0.2, 0) is 11.2 Å². The molecule has 0 aliphatic heterocycles. The highest BCUT2D eigenvalue weighted by atomic mass is 16.4. The number of hydrogen-bond donors (Lipinski definition) is 2. The first-order valence-electron chi connectivity index (χ1n) is 7.27. The number of carboxylic acid groups (broad SMARTS) is 1. The molecule has 0 saturated heterocycles. The minimum absolute atomic E-state index is 0.0278. The number of aromatic carboxylic acids is 1. The smallest absolute Gasteiger partial charge is 0.335 e. The van der Waals surface area contributed by atoms with Crippen LogP contribution in [0, 0.1) is 0 Å². The van der Waals surface area contributed by atoms with E-state index in [1.807, 2.05) is 0 Å². The van der Waals surface area contributed by atoms with Crippen molar-refractivity contribution in [2.75, 3.05) is 0 Å². The number of carbonyl (C=O) groups excluding carboxylic acids is 1. The van der Waals surface area contributed by atoms with E-state index in [4.69, 9.17) is 5.11 Å². The van der Waals surface area contributed by atoms with Crippen LogP contribution >= 0.6 is 0 Å². The van der Waals surface area contributed by atoms with Crippen molar-refractivity contribution in [3.8, 4) is 0 Å². The Morgan fingerprint density at radius 1 is 1.05 bits per heavy atom. The van der Waals surface area contributed by atoms with Gasteiger partial charge in [-0.15, -0.1) is 0 Å². The molecule has 0 bridgehead atoms. The van der Waals surface area contributed by atoms with Crippen LogP contribution in [0.5, 0.6) is 0 Å². The fourth-order valence-corrected chi connectivity index (χ4v) is 2.65. The summed E-state index contributed by atoms with van der Waals surface area (Å²) in [4.78, 5) is 22.7. The lowest BCUT2D eigenvalue weighted by Crippen LogP contribution is -2.35. The quantitative estimate of drug-likeness (QED) is 0.830. The lowest BCUT2D eigenvalue weighted by molar-refractivity contribution is -0.121. The van der Waals surface area contributed by atoms with E-state index in [0.717, 1.165) is 18.4 Å². The van der Waals surface area contributed by atoms with Crippen molar-refractivity contribution in [3.63, 3.8) is 0 Å². The van der Waals surface area contributed by atoms with Gasteiger partial charge in [0.1, 0.15) is 0 Å². The topological polar surface area (TPSA) is 66.4 Å². The molecule has 1 saturated carbocycles. The Labute approximate surface area is 119 Å². The van der Waals surface area contributed by atoms with Gasteiger partial charge in [-0.2, -0.15) is 0 Å².